The van der Waals surface area contributed by atoms with Gasteiger partial charge in [0.1, 0.15) is 11.6 Å². The Balaban J connectivity index is 3.04. The third-order valence-electron chi connectivity index (χ3n) is 2.23. The molecule has 0 aromatic heterocycles. The Kier molecular flexibility index (Phi) is 4.22. The third-order valence-corrected chi connectivity index (χ3v) is 2.23. The van der Waals surface area contributed by atoms with Gasteiger partial charge in [0.05, 0.1) is 5.56 Å². The lowest BCUT2D eigenvalue weighted by Gasteiger charge is -2.08. The molecule has 1 rings (SSSR count). The van der Waals surface area contributed by atoms with Crippen LogP contribution < -0.4 is 0 Å². The molecule has 0 heterocycles. The van der Waals surface area contributed by atoms with E-state index in [2.05, 4.69) is 0 Å². The summed E-state index contributed by atoms with van der Waals surface area (Å²) in [6.45, 7) is 0. The van der Waals surface area contributed by atoms with Gasteiger partial charge in [-0.05, 0) is 23.8 Å². The van der Waals surface area contributed by atoms with Crippen LogP contribution in [0.25, 0.3) is 6.08 Å². The molecule has 5 nitrogen and oxygen atoms in total. The standard InChI is InChI=1S/C13H12N2O3/c1-15(2)12(16)11(8-14)7-9-3-5-10(6-4-9)13(17)18/h3-7H,1-2H3,(H,17,18)/b11-7-. The van der Waals surface area contributed by atoms with Gasteiger partial charge in [0.25, 0.3) is 5.91 Å². The predicted octanol–water partition coefficient (Wildman–Crippen LogP) is 1.38. The van der Waals surface area contributed by atoms with Crippen LogP contribution in [0.15, 0.2) is 29.8 Å². The molecule has 0 spiro atoms. The first-order chi connectivity index (χ1) is 8.45. The van der Waals surface area contributed by atoms with Crippen molar-refractivity contribution in [3.63, 3.8) is 0 Å². The maximum atomic E-state index is 11.6. The lowest BCUT2D eigenvalue weighted by Crippen LogP contribution is -2.22. The highest BCUT2D eigenvalue weighted by Gasteiger charge is 2.11. The Bertz CT molecular complexity index is 536. The molecule has 0 saturated carbocycles. The molecule has 0 aliphatic rings. The quantitative estimate of drug-likeness (QED) is 0.643. The normalized spacial score (nSPS) is 10.6. The first kappa shape index (κ1) is 13.5. The van der Waals surface area contributed by atoms with Crippen LogP contribution in [0.4, 0.5) is 0 Å². The topological polar surface area (TPSA) is 81.4 Å². The molecule has 0 aliphatic carbocycles. The van der Waals surface area contributed by atoms with Gasteiger partial charge in [-0.25, -0.2) is 4.79 Å². The predicted molar refractivity (Wildman–Crippen MR) is 65.7 cm³/mol. The minimum Gasteiger partial charge on any atom is -0.478 e. The average molecular weight is 244 g/mol. The highest BCUT2D eigenvalue weighted by Crippen LogP contribution is 2.10. The lowest BCUT2D eigenvalue weighted by atomic mass is 10.1. The van der Waals surface area contributed by atoms with E-state index in [1.807, 2.05) is 6.07 Å². The molecule has 5 heteroatoms. The fourth-order valence-electron chi connectivity index (χ4n) is 1.27. The minimum absolute atomic E-state index is 0.00285. The highest BCUT2D eigenvalue weighted by molar-refractivity contribution is 6.01. The molecule has 0 aliphatic heterocycles. The zero-order valence-electron chi connectivity index (χ0n) is 10.0. The molecular weight excluding hydrogens is 232 g/mol. The van der Waals surface area contributed by atoms with Crippen LogP contribution in [0, 0.1) is 11.3 Å². The number of rotatable bonds is 3. The smallest absolute Gasteiger partial charge is 0.335 e. The fraction of sp³-hybridized carbons (Fsp3) is 0.154. The molecule has 92 valence electrons. The van der Waals surface area contributed by atoms with Gasteiger partial charge in [-0.3, -0.25) is 4.79 Å². The van der Waals surface area contributed by atoms with E-state index in [9.17, 15) is 9.59 Å². The molecule has 1 aromatic carbocycles. The number of likely N-dealkylation sites (N-methyl/N-ethyl adjacent to an activating group) is 1. The number of aromatic carboxylic acids is 1. The van der Waals surface area contributed by atoms with Gasteiger partial charge < -0.3 is 10.0 Å². The van der Waals surface area contributed by atoms with Crippen LogP contribution in [-0.2, 0) is 4.79 Å². The van der Waals surface area contributed by atoms with Gasteiger partial charge in [-0.15, -0.1) is 0 Å². The summed E-state index contributed by atoms with van der Waals surface area (Å²) < 4.78 is 0. The average Bonchev–Trinajstić information content (AvgIpc) is 2.35. The third kappa shape index (κ3) is 3.19. The van der Waals surface area contributed by atoms with E-state index in [1.54, 1.807) is 26.2 Å². The molecule has 1 aromatic rings. The Labute approximate surface area is 105 Å². The zero-order valence-corrected chi connectivity index (χ0v) is 10.0. The Hall–Kier alpha value is -2.61. The first-order valence-corrected chi connectivity index (χ1v) is 5.12. The maximum absolute atomic E-state index is 11.6. The van der Waals surface area contributed by atoms with Gasteiger partial charge in [-0.1, -0.05) is 12.1 Å². The van der Waals surface area contributed by atoms with E-state index in [4.69, 9.17) is 10.4 Å². The number of benzene rings is 1. The summed E-state index contributed by atoms with van der Waals surface area (Å²) in [5.74, 6) is -1.41. The molecular formula is C13H12N2O3. The number of amides is 1. The van der Waals surface area contributed by atoms with Gasteiger partial charge >= 0.3 is 5.97 Å². The highest BCUT2D eigenvalue weighted by atomic mass is 16.4. The molecule has 0 unspecified atom stereocenters. The molecule has 1 amide bonds. The van der Waals surface area contributed by atoms with Crippen molar-refractivity contribution in [3.8, 4) is 6.07 Å². The molecule has 0 atom stereocenters. The SMILES string of the molecule is CN(C)C(=O)/C(C#N)=C\c1ccc(C(=O)O)cc1. The monoisotopic (exact) mass is 244 g/mol. The summed E-state index contributed by atoms with van der Waals surface area (Å²) in [6, 6.07) is 7.75. The van der Waals surface area contributed by atoms with E-state index in [0.29, 0.717) is 5.56 Å². The zero-order chi connectivity index (χ0) is 13.7. The minimum atomic E-state index is -1.02. The first-order valence-electron chi connectivity index (χ1n) is 5.12. The molecule has 18 heavy (non-hydrogen) atoms. The van der Waals surface area contributed by atoms with Crippen molar-refractivity contribution in [2.75, 3.05) is 14.1 Å². The molecule has 1 N–H and O–H groups in total. The summed E-state index contributed by atoms with van der Waals surface area (Å²) in [5, 5.41) is 17.6. The second-order valence-corrected chi connectivity index (χ2v) is 3.80. The largest absolute Gasteiger partial charge is 0.478 e. The number of carboxylic acid groups (broad SMARTS) is 1. The maximum Gasteiger partial charge on any atom is 0.335 e. The summed E-state index contributed by atoms with van der Waals surface area (Å²) in [6.07, 6.45) is 1.42. The summed E-state index contributed by atoms with van der Waals surface area (Å²) >= 11 is 0. The van der Waals surface area contributed by atoms with Crippen LogP contribution >= 0.6 is 0 Å². The second-order valence-electron chi connectivity index (χ2n) is 3.80. The summed E-state index contributed by atoms with van der Waals surface area (Å²) in [5.41, 5.74) is 0.763. The number of carboxylic acids is 1. The van der Waals surface area contributed by atoms with Gasteiger partial charge in [0.15, 0.2) is 0 Å². The Morgan fingerprint density at radius 2 is 1.83 bits per heavy atom. The van der Waals surface area contributed by atoms with E-state index < -0.39 is 5.97 Å². The second kappa shape index (κ2) is 5.64. The van der Waals surface area contributed by atoms with Crippen LogP contribution in [0.2, 0.25) is 0 Å². The van der Waals surface area contributed by atoms with E-state index in [1.165, 1.54) is 23.1 Å². The van der Waals surface area contributed by atoms with Crippen LogP contribution in [0.3, 0.4) is 0 Å². The Morgan fingerprint density at radius 3 is 2.22 bits per heavy atom. The van der Waals surface area contributed by atoms with Crippen molar-refractivity contribution >= 4 is 18.0 Å². The fourth-order valence-corrected chi connectivity index (χ4v) is 1.27. The van der Waals surface area contributed by atoms with Crippen molar-refractivity contribution in [1.29, 1.82) is 5.26 Å². The Morgan fingerprint density at radius 1 is 1.28 bits per heavy atom. The summed E-state index contributed by atoms with van der Waals surface area (Å²) in [4.78, 5) is 23.6. The summed E-state index contributed by atoms with van der Waals surface area (Å²) in [7, 11) is 3.11. The van der Waals surface area contributed by atoms with E-state index in [0.717, 1.165) is 0 Å². The molecule has 0 bridgehead atoms. The molecule has 0 fully saturated rings. The number of hydrogen-bond acceptors (Lipinski definition) is 3. The van der Waals surface area contributed by atoms with Gasteiger partial charge in [0, 0.05) is 14.1 Å². The number of nitriles is 1. The number of nitrogens with zero attached hydrogens (tertiary/aromatic N) is 2. The van der Waals surface area contributed by atoms with Crippen molar-refractivity contribution in [2.24, 2.45) is 0 Å². The van der Waals surface area contributed by atoms with Gasteiger partial charge in [0.2, 0.25) is 0 Å². The van der Waals surface area contributed by atoms with Crippen molar-refractivity contribution in [2.45, 2.75) is 0 Å². The van der Waals surface area contributed by atoms with Crippen LogP contribution in [-0.4, -0.2) is 36.0 Å². The van der Waals surface area contributed by atoms with Crippen LogP contribution in [0.5, 0.6) is 0 Å². The molecule has 0 saturated heterocycles. The van der Waals surface area contributed by atoms with Crippen molar-refractivity contribution < 1.29 is 14.7 Å². The number of carbonyl (C=O) groups is 2. The number of hydrogen-bond donors (Lipinski definition) is 1. The van der Waals surface area contributed by atoms with Crippen molar-refractivity contribution in [3.05, 3.63) is 41.0 Å². The van der Waals surface area contributed by atoms with E-state index >= 15 is 0 Å². The van der Waals surface area contributed by atoms with Gasteiger partial charge in [-0.2, -0.15) is 5.26 Å². The lowest BCUT2D eigenvalue weighted by molar-refractivity contribution is -0.124. The molecule has 0 radical (unpaired) electrons. The van der Waals surface area contributed by atoms with Crippen LogP contribution in [0.1, 0.15) is 15.9 Å². The van der Waals surface area contributed by atoms with Crippen molar-refractivity contribution in [1.82, 2.24) is 4.90 Å². The van der Waals surface area contributed by atoms with E-state index in [-0.39, 0.29) is 17.0 Å². The number of carbonyl (C=O) groups excluding carboxylic acids is 1.